The number of aromatic nitrogens is 4. The van der Waals surface area contributed by atoms with Crippen molar-refractivity contribution in [3.05, 3.63) is 157 Å². The molecule has 0 amide bonds. The van der Waals surface area contributed by atoms with Crippen molar-refractivity contribution in [1.29, 1.82) is 0 Å². The second-order valence-corrected chi connectivity index (χ2v) is 11.7. The van der Waals surface area contributed by atoms with E-state index in [0.29, 0.717) is 5.82 Å². The number of hydrogen-bond donors (Lipinski definition) is 0. The zero-order chi connectivity index (χ0) is 31.0. The fraction of sp³-hybridized carbons (Fsp3) is 0.0476. The minimum atomic E-state index is 0.716. The van der Waals surface area contributed by atoms with Crippen LogP contribution < -0.4 is 0 Å². The number of aryl methyl sites for hydroxylation is 2. The van der Waals surface area contributed by atoms with E-state index in [1.165, 1.54) is 5.56 Å². The minimum Gasteiger partial charge on any atom is -0.251 e. The predicted molar refractivity (Wildman–Crippen MR) is 189 cm³/mol. The van der Waals surface area contributed by atoms with E-state index in [1.807, 2.05) is 49.4 Å². The highest BCUT2D eigenvalue weighted by Gasteiger charge is 2.12. The van der Waals surface area contributed by atoms with Crippen molar-refractivity contribution < 1.29 is 0 Å². The van der Waals surface area contributed by atoms with Gasteiger partial charge in [-0.1, -0.05) is 127 Å². The van der Waals surface area contributed by atoms with Crippen molar-refractivity contribution >= 4 is 21.8 Å². The first-order chi connectivity index (χ1) is 22.6. The molecule has 0 atom stereocenters. The Hall–Kier alpha value is -6.00. The van der Waals surface area contributed by atoms with Crippen LogP contribution in [0, 0.1) is 13.8 Å². The summed E-state index contributed by atoms with van der Waals surface area (Å²) >= 11 is 0. The largest absolute Gasteiger partial charge is 0.251 e. The highest BCUT2D eigenvalue weighted by Crippen LogP contribution is 2.32. The lowest BCUT2D eigenvalue weighted by Gasteiger charge is -2.11. The van der Waals surface area contributed by atoms with Crippen LogP contribution in [0.3, 0.4) is 0 Å². The monoisotopic (exact) mass is 590 g/mol. The van der Waals surface area contributed by atoms with Gasteiger partial charge in [0.1, 0.15) is 0 Å². The molecule has 0 saturated heterocycles. The molecule has 3 heterocycles. The zero-order valence-corrected chi connectivity index (χ0v) is 25.6. The molecule has 0 aliphatic heterocycles. The van der Waals surface area contributed by atoms with Gasteiger partial charge in [0.2, 0.25) is 0 Å². The van der Waals surface area contributed by atoms with E-state index in [-0.39, 0.29) is 0 Å². The summed E-state index contributed by atoms with van der Waals surface area (Å²) in [6, 6.07) is 50.4. The molecule has 4 heteroatoms. The smallest absolute Gasteiger partial charge is 0.160 e. The highest BCUT2D eigenvalue weighted by molar-refractivity contribution is 6.04. The number of benzene rings is 5. The summed E-state index contributed by atoms with van der Waals surface area (Å²) in [5.41, 5.74) is 13.3. The van der Waals surface area contributed by atoms with Crippen LogP contribution in [0.1, 0.15) is 11.3 Å². The molecular formula is C42H30N4. The van der Waals surface area contributed by atoms with Gasteiger partial charge in [0.05, 0.1) is 28.1 Å². The van der Waals surface area contributed by atoms with Crippen LogP contribution in [0.2, 0.25) is 0 Å². The maximum Gasteiger partial charge on any atom is 0.160 e. The van der Waals surface area contributed by atoms with Gasteiger partial charge < -0.3 is 0 Å². The Bertz CT molecular complexity index is 2290. The Morgan fingerprint density at radius 1 is 0.370 bits per heavy atom. The quantitative estimate of drug-likeness (QED) is 0.187. The predicted octanol–water partition coefficient (Wildman–Crippen LogP) is 10.5. The third kappa shape index (κ3) is 5.20. The number of pyridine rings is 2. The Morgan fingerprint density at radius 2 is 0.870 bits per heavy atom. The summed E-state index contributed by atoms with van der Waals surface area (Å²) < 4.78 is 0. The SMILES string of the molecule is Cc1ccc2ccc3c(C)cc(-c4ccc(-c5ccc(-c6cc(-c7ccccc7)nc(-c7ccccc7)n6)cc5)cc4)nc3c2n1. The van der Waals surface area contributed by atoms with Crippen molar-refractivity contribution in [2.75, 3.05) is 0 Å². The lowest BCUT2D eigenvalue weighted by molar-refractivity contribution is 1.18. The normalized spacial score (nSPS) is 11.3. The van der Waals surface area contributed by atoms with Crippen LogP contribution >= 0.6 is 0 Å². The van der Waals surface area contributed by atoms with Gasteiger partial charge in [0, 0.05) is 38.7 Å². The van der Waals surface area contributed by atoms with E-state index in [9.17, 15) is 0 Å². The third-order valence-corrected chi connectivity index (χ3v) is 8.51. The molecule has 0 spiro atoms. The maximum atomic E-state index is 5.11. The van der Waals surface area contributed by atoms with E-state index in [0.717, 1.165) is 78.0 Å². The van der Waals surface area contributed by atoms with Crippen LogP contribution in [0.25, 0.3) is 78.1 Å². The molecule has 0 saturated carbocycles. The number of rotatable bonds is 5. The average molecular weight is 591 g/mol. The van der Waals surface area contributed by atoms with Crippen molar-refractivity contribution in [2.24, 2.45) is 0 Å². The van der Waals surface area contributed by atoms with Gasteiger partial charge in [-0.15, -0.1) is 0 Å². The number of nitrogens with zero attached hydrogens (tertiary/aromatic N) is 4. The molecule has 4 nitrogen and oxygen atoms in total. The molecule has 8 rings (SSSR count). The second kappa shape index (κ2) is 11.5. The van der Waals surface area contributed by atoms with Gasteiger partial charge in [0.15, 0.2) is 5.82 Å². The van der Waals surface area contributed by atoms with Gasteiger partial charge in [-0.2, -0.15) is 0 Å². The Balaban J connectivity index is 1.12. The van der Waals surface area contributed by atoms with E-state index in [4.69, 9.17) is 19.9 Å². The fourth-order valence-corrected chi connectivity index (χ4v) is 6.02. The molecule has 8 aromatic rings. The first-order valence-corrected chi connectivity index (χ1v) is 15.5. The van der Waals surface area contributed by atoms with Crippen molar-refractivity contribution in [1.82, 2.24) is 19.9 Å². The molecule has 0 fully saturated rings. The first kappa shape index (κ1) is 27.5. The molecule has 5 aromatic carbocycles. The minimum absolute atomic E-state index is 0.716. The summed E-state index contributed by atoms with van der Waals surface area (Å²) in [6.45, 7) is 4.17. The third-order valence-electron chi connectivity index (χ3n) is 8.51. The van der Waals surface area contributed by atoms with Crippen LogP contribution in [-0.2, 0) is 0 Å². The fourth-order valence-electron chi connectivity index (χ4n) is 6.02. The summed E-state index contributed by atoms with van der Waals surface area (Å²) in [5, 5.41) is 2.25. The summed E-state index contributed by atoms with van der Waals surface area (Å²) in [6.07, 6.45) is 0. The lowest BCUT2D eigenvalue weighted by Crippen LogP contribution is -1.95. The molecule has 0 unspecified atom stereocenters. The topological polar surface area (TPSA) is 51.6 Å². The molecule has 218 valence electrons. The van der Waals surface area contributed by atoms with Crippen LogP contribution in [0.4, 0.5) is 0 Å². The standard InChI is InChI=1S/C42H30N4/c1-27-25-37(44-41-36(27)24-23-34-14-13-28(2)43-40(34)41)32-19-15-29(16-20-32)30-17-21-33(22-18-30)39-26-38(31-9-5-3-6-10-31)45-42(46-39)35-11-7-4-8-12-35/h3-26H,1-2H3. The Morgan fingerprint density at radius 3 is 1.48 bits per heavy atom. The van der Waals surface area contributed by atoms with Crippen molar-refractivity contribution in [3.8, 4) is 56.3 Å². The number of hydrogen-bond acceptors (Lipinski definition) is 4. The summed E-state index contributed by atoms with van der Waals surface area (Å²) in [5.74, 6) is 0.716. The van der Waals surface area contributed by atoms with E-state index in [2.05, 4.69) is 110 Å². The van der Waals surface area contributed by atoms with Crippen molar-refractivity contribution in [2.45, 2.75) is 13.8 Å². The average Bonchev–Trinajstić information content (AvgIpc) is 3.12. The molecule has 0 bridgehead atoms. The molecule has 3 aromatic heterocycles. The van der Waals surface area contributed by atoms with E-state index in [1.54, 1.807) is 0 Å². The van der Waals surface area contributed by atoms with Crippen LogP contribution in [0.5, 0.6) is 0 Å². The Labute approximate surface area is 268 Å². The molecule has 0 aliphatic carbocycles. The maximum absolute atomic E-state index is 5.11. The van der Waals surface area contributed by atoms with E-state index < -0.39 is 0 Å². The van der Waals surface area contributed by atoms with Gasteiger partial charge >= 0.3 is 0 Å². The molecule has 0 radical (unpaired) electrons. The zero-order valence-electron chi connectivity index (χ0n) is 25.6. The Kier molecular flexibility index (Phi) is 6.88. The number of fused-ring (bicyclic) bond motifs is 3. The summed E-state index contributed by atoms with van der Waals surface area (Å²) in [4.78, 5) is 19.8. The van der Waals surface area contributed by atoms with Crippen molar-refractivity contribution in [3.63, 3.8) is 0 Å². The van der Waals surface area contributed by atoms with Gasteiger partial charge in [-0.05, 0) is 48.7 Å². The van der Waals surface area contributed by atoms with Gasteiger partial charge in [-0.25, -0.2) is 15.0 Å². The van der Waals surface area contributed by atoms with E-state index >= 15 is 0 Å². The molecular weight excluding hydrogens is 560 g/mol. The van der Waals surface area contributed by atoms with Crippen LogP contribution in [0.15, 0.2) is 146 Å². The molecule has 0 N–H and O–H groups in total. The van der Waals surface area contributed by atoms with Gasteiger partial charge in [0.25, 0.3) is 0 Å². The first-order valence-electron chi connectivity index (χ1n) is 15.5. The molecule has 0 aliphatic rings. The molecule has 46 heavy (non-hydrogen) atoms. The van der Waals surface area contributed by atoms with Crippen LogP contribution in [-0.4, -0.2) is 19.9 Å². The second-order valence-electron chi connectivity index (χ2n) is 11.7. The summed E-state index contributed by atoms with van der Waals surface area (Å²) in [7, 11) is 0. The lowest BCUT2D eigenvalue weighted by atomic mass is 9.99. The highest BCUT2D eigenvalue weighted by atomic mass is 14.9. The van der Waals surface area contributed by atoms with Gasteiger partial charge in [-0.3, -0.25) is 4.98 Å².